The monoisotopic (exact) mass is 236 g/mol. The van der Waals surface area contributed by atoms with Gasteiger partial charge < -0.3 is 9.47 Å². The van der Waals surface area contributed by atoms with Crippen molar-refractivity contribution in [2.24, 2.45) is 5.41 Å². The highest BCUT2D eigenvalue weighted by atomic mass is 16.5. The van der Waals surface area contributed by atoms with E-state index in [2.05, 4.69) is 0 Å². The minimum atomic E-state index is -0.364. The SMILES string of the molecule is CCC(C)(C)C(=O)c1cc(OC)cc(OC)c1. The lowest BCUT2D eigenvalue weighted by Crippen LogP contribution is -2.23. The number of benzene rings is 1. The van der Waals surface area contributed by atoms with Crippen LogP contribution in [0.4, 0.5) is 0 Å². The Bertz CT molecular complexity index is 386. The van der Waals surface area contributed by atoms with Crippen molar-refractivity contribution in [3.8, 4) is 11.5 Å². The first-order valence-corrected chi connectivity index (χ1v) is 5.72. The molecular formula is C14H20O3. The van der Waals surface area contributed by atoms with Crippen LogP contribution < -0.4 is 9.47 Å². The van der Waals surface area contributed by atoms with Gasteiger partial charge in [0.1, 0.15) is 11.5 Å². The summed E-state index contributed by atoms with van der Waals surface area (Å²) >= 11 is 0. The van der Waals surface area contributed by atoms with Crippen LogP contribution in [-0.2, 0) is 0 Å². The molecule has 0 saturated heterocycles. The van der Waals surface area contributed by atoms with Crippen molar-refractivity contribution < 1.29 is 14.3 Å². The molecule has 1 aromatic rings. The smallest absolute Gasteiger partial charge is 0.168 e. The summed E-state index contributed by atoms with van der Waals surface area (Å²) in [4.78, 5) is 12.3. The minimum absolute atomic E-state index is 0.109. The van der Waals surface area contributed by atoms with E-state index >= 15 is 0 Å². The topological polar surface area (TPSA) is 35.5 Å². The maximum Gasteiger partial charge on any atom is 0.168 e. The molecular weight excluding hydrogens is 216 g/mol. The molecule has 17 heavy (non-hydrogen) atoms. The third-order valence-corrected chi connectivity index (χ3v) is 3.11. The Kier molecular flexibility index (Phi) is 4.16. The van der Waals surface area contributed by atoms with E-state index in [1.165, 1.54) is 0 Å². The molecule has 0 aliphatic heterocycles. The van der Waals surface area contributed by atoms with Crippen molar-refractivity contribution in [3.63, 3.8) is 0 Å². The number of carbonyl (C=O) groups excluding carboxylic acids is 1. The lowest BCUT2D eigenvalue weighted by Gasteiger charge is -2.21. The summed E-state index contributed by atoms with van der Waals surface area (Å²) in [5.41, 5.74) is 0.269. The summed E-state index contributed by atoms with van der Waals surface area (Å²) in [6, 6.07) is 5.26. The number of ketones is 1. The Morgan fingerprint density at radius 2 is 1.59 bits per heavy atom. The van der Waals surface area contributed by atoms with E-state index in [1.807, 2.05) is 20.8 Å². The molecule has 1 rings (SSSR count). The number of hydrogen-bond donors (Lipinski definition) is 0. The molecule has 0 saturated carbocycles. The van der Waals surface area contributed by atoms with Gasteiger partial charge in [-0.25, -0.2) is 0 Å². The third kappa shape index (κ3) is 2.99. The molecule has 0 fully saturated rings. The van der Waals surface area contributed by atoms with E-state index < -0.39 is 0 Å². The van der Waals surface area contributed by atoms with Gasteiger partial charge in [0.15, 0.2) is 5.78 Å². The Morgan fingerprint density at radius 1 is 1.12 bits per heavy atom. The second kappa shape index (κ2) is 5.21. The molecule has 3 nitrogen and oxygen atoms in total. The summed E-state index contributed by atoms with van der Waals surface area (Å²) in [6.45, 7) is 5.90. The van der Waals surface area contributed by atoms with E-state index in [0.29, 0.717) is 17.1 Å². The molecule has 0 atom stereocenters. The molecule has 0 aliphatic carbocycles. The van der Waals surface area contributed by atoms with Crippen LogP contribution in [-0.4, -0.2) is 20.0 Å². The highest BCUT2D eigenvalue weighted by Gasteiger charge is 2.27. The Hall–Kier alpha value is -1.51. The summed E-state index contributed by atoms with van der Waals surface area (Å²) in [6.07, 6.45) is 0.797. The lowest BCUT2D eigenvalue weighted by molar-refractivity contribution is 0.0832. The van der Waals surface area contributed by atoms with E-state index in [9.17, 15) is 4.79 Å². The van der Waals surface area contributed by atoms with Gasteiger partial charge >= 0.3 is 0 Å². The lowest BCUT2D eigenvalue weighted by atomic mass is 9.82. The molecule has 0 amide bonds. The summed E-state index contributed by atoms with van der Waals surface area (Å²) < 4.78 is 10.3. The summed E-state index contributed by atoms with van der Waals surface area (Å²) in [5, 5.41) is 0. The molecule has 0 heterocycles. The number of methoxy groups -OCH3 is 2. The number of hydrogen-bond acceptors (Lipinski definition) is 3. The molecule has 3 heteroatoms. The summed E-state index contributed by atoms with van der Waals surface area (Å²) in [5.74, 6) is 1.39. The van der Waals surface area contributed by atoms with Gasteiger partial charge in [-0.2, -0.15) is 0 Å². The normalized spacial score (nSPS) is 11.1. The number of Topliss-reactive ketones (excluding diaryl/α,β-unsaturated/α-hetero) is 1. The van der Waals surface area contributed by atoms with Gasteiger partial charge in [0.2, 0.25) is 0 Å². The van der Waals surface area contributed by atoms with Crippen LogP contribution >= 0.6 is 0 Å². The fourth-order valence-corrected chi connectivity index (χ4v) is 1.49. The van der Waals surface area contributed by atoms with Crippen molar-refractivity contribution in [1.29, 1.82) is 0 Å². The van der Waals surface area contributed by atoms with Crippen LogP contribution in [0.3, 0.4) is 0 Å². The van der Waals surface area contributed by atoms with Gasteiger partial charge in [-0.3, -0.25) is 4.79 Å². The zero-order valence-corrected chi connectivity index (χ0v) is 11.2. The van der Waals surface area contributed by atoms with E-state index in [-0.39, 0.29) is 11.2 Å². The molecule has 0 bridgehead atoms. The molecule has 1 aromatic carbocycles. The molecule has 0 aliphatic rings. The molecule has 0 N–H and O–H groups in total. The average Bonchev–Trinajstić information content (AvgIpc) is 2.36. The molecule has 94 valence electrons. The third-order valence-electron chi connectivity index (χ3n) is 3.11. The maximum absolute atomic E-state index is 12.3. The van der Waals surface area contributed by atoms with Crippen LogP contribution in [0.5, 0.6) is 11.5 Å². The fourth-order valence-electron chi connectivity index (χ4n) is 1.49. The largest absolute Gasteiger partial charge is 0.497 e. The number of rotatable bonds is 5. The highest BCUT2D eigenvalue weighted by Crippen LogP contribution is 2.30. The Labute approximate surface area is 103 Å². The average molecular weight is 236 g/mol. The van der Waals surface area contributed by atoms with Crippen molar-refractivity contribution in [3.05, 3.63) is 23.8 Å². The predicted molar refractivity (Wildman–Crippen MR) is 67.9 cm³/mol. The van der Waals surface area contributed by atoms with Crippen LogP contribution in [0.25, 0.3) is 0 Å². The second-order valence-electron chi connectivity index (χ2n) is 4.67. The van der Waals surface area contributed by atoms with Gasteiger partial charge in [-0.05, 0) is 18.6 Å². The minimum Gasteiger partial charge on any atom is -0.497 e. The first-order valence-electron chi connectivity index (χ1n) is 5.72. The molecule has 0 spiro atoms. The van der Waals surface area contributed by atoms with E-state index in [4.69, 9.17) is 9.47 Å². The zero-order valence-electron chi connectivity index (χ0n) is 11.2. The van der Waals surface area contributed by atoms with E-state index in [0.717, 1.165) is 6.42 Å². The standard InChI is InChI=1S/C14H20O3/c1-6-14(2,3)13(15)10-7-11(16-4)9-12(8-10)17-5/h7-9H,6H2,1-5H3. The van der Waals surface area contributed by atoms with Gasteiger partial charge in [-0.1, -0.05) is 20.8 Å². The van der Waals surface area contributed by atoms with Crippen LogP contribution in [0, 0.1) is 5.41 Å². The van der Waals surface area contributed by atoms with Crippen LogP contribution in [0.1, 0.15) is 37.6 Å². The van der Waals surface area contributed by atoms with Crippen LogP contribution in [0.2, 0.25) is 0 Å². The van der Waals surface area contributed by atoms with Crippen molar-refractivity contribution in [2.75, 3.05) is 14.2 Å². The van der Waals surface area contributed by atoms with Gasteiger partial charge in [0, 0.05) is 17.0 Å². The fraction of sp³-hybridized carbons (Fsp3) is 0.500. The maximum atomic E-state index is 12.3. The molecule has 0 radical (unpaired) electrons. The quantitative estimate of drug-likeness (QED) is 0.736. The van der Waals surface area contributed by atoms with Crippen LogP contribution in [0.15, 0.2) is 18.2 Å². The number of carbonyl (C=O) groups is 1. The Balaban J connectivity index is 3.17. The highest BCUT2D eigenvalue weighted by molar-refractivity contribution is 6.00. The number of ether oxygens (including phenoxy) is 2. The van der Waals surface area contributed by atoms with Gasteiger partial charge in [0.25, 0.3) is 0 Å². The summed E-state index contributed by atoms with van der Waals surface area (Å²) in [7, 11) is 3.15. The van der Waals surface area contributed by atoms with Crippen molar-refractivity contribution >= 4 is 5.78 Å². The second-order valence-corrected chi connectivity index (χ2v) is 4.67. The van der Waals surface area contributed by atoms with Crippen molar-refractivity contribution in [2.45, 2.75) is 27.2 Å². The molecule has 0 aromatic heterocycles. The molecule has 0 unspecified atom stereocenters. The van der Waals surface area contributed by atoms with Gasteiger partial charge in [-0.15, -0.1) is 0 Å². The van der Waals surface area contributed by atoms with E-state index in [1.54, 1.807) is 32.4 Å². The van der Waals surface area contributed by atoms with Gasteiger partial charge in [0.05, 0.1) is 14.2 Å². The van der Waals surface area contributed by atoms with Crippen molar-refractivity contribution in [1.82, 2.24) is 0 Å². The first kappa shape index (κ1) is 13.6. The first-order chi connectivity index (χ1) is 7.94. The zero-order chi connectivity index (χ0) is 13.1. The Morgan fingerprint density at radius 3 is 1.94 bits per heavy atom. The predicted octanol–water partition coefficient (Wildman–Crippen LogP) is 3.32.